The summed E-state index contributed by atoms with van der Waals surface area (Å²) < 4.78 is 2.01. The molecule has 1 aliphatic heterocycles. The molecule has 0 spiro atoms. The fourth-order valence-electron chi connectivity index (χ4n) is 3.79. The summed E-state index contributed by atoms with van der Waals surface area (Å²) in [5, 5.41) is 0. The standard InChI is InChI=1S/C22H27N5O/c1-25-17-24-20-16-18(5-7-21(20)25)6-8-22(28)27-14-12-26(13-15-27)11-9-19-4-2-3-10-23-19/h2-5,7,10,16-17H,6,8-9,11-15H2,1H3. The van der Waals surface area contributed by atoms with Gasteiger partial charge in [-0.25, -0.2) is 4.98 Å². The third kappa shape index (κ3) is 4.39. The lowest BCUT2D eigenvalue weighted by molar-refractivity contribution is -0.132. The van der Waals surface area contributed by atoms with E-state index >= 15 is 0 Å². The van der Waals surface area contributed by atoms with Crippen molar-refractivity contribution in [3.63, 3.8) is 0 Å². The Hall–Kier alpha value is -2.73. The maximum Gasteiger partial charge on any atom is 0.222 e. The summed E-state index contributed by atoms with van der Waals surface area (Å²) in [5.74, 6) is 0.255. The first-order valence-corrected chi connectivity index (χ1v) is 9.99. The van der Waals surface area contributed by atoms with Gasteiger partial charge in [-0.1, -0.05) is 12.1 Å². The number of piperazine rings is 1. The van der Waals surface area contributed by atoms with Crippen molar-refractivity contribution >= 4 is 16.9 Å². The van der Waals surface area contributed by atoms with Crippen LogP contribution in [0.25, 0.3) is 11.0 Å². The van der Waals surface area contributed by atoms with Crippen molar-refractivity contribution in [3.8, 4) is 0 Å². The molecule has 3 heterocycles. The summed E-state index contributed by atoms with van der Waals surface area (Å²) in [6.45, 7) is 4.53. The highest BCUT2D eigenvalue weighted by molar-refractivity contribution is 5.78. The van der Waals surface area contributed by atoms with Crippen LogP contribution in [-0.2, 0) is 24.7 Å². The predicted octanol–water partition coefficient (Wildman–Crippen LogP) is 2.29. The van der Waals surface area contributed by atoms with Crippen LogP contribution in [0.5, 0.6) is 0 Å². The Balaban J connectivity index is 1.22. The van der Waals surface area contributed by atoms with Crippen molar-refractivity contribution in [1.29, 1.82) is 0 Å². The highest BCUT2D eigenvalue weighted by atomic mass is 16.2. The molecule has 1 fully saturated rings. The number of benzene rings is 1. The molecule has 0 unspecified atom stereocenters. The molecule has 1 aliphatic rings. The van der Waals surface area contributed by atoms with Gasteiger partial charge in [0.25, 0.3) is 0 Å². The molecule has 2 aromatic heterocycles. The van der Waals surface area contributed by atoms with Gasteiger partial charge >= 0.3 is 0 Å². The number of hydrogen-bond acceptors (Lipinski definition) is 4. The highest BCUT2D eigenvalue weighted by Gasteiger charge is 2.20. The molecule has 1 aromatic carbocycles. The zero-order chi connectivity index (χ0) is 19.3. The molecule has 0 aliphatic carbocycles. The van der Waals surface area contributed by atoms with Crippen LogP contribution in [0.2, 0.25) is 0 Å². The average molecular weight is 377 g/mol. The number of imidazole rings is 1. The molecule has 0 bridgehead atoms. The number of aromatic nitrogens is 3. The van der Waals surface area contributed by atoms with Gasteiger partial charge in [-0.2, -0.15) is 0 Å². The number of nitrogens with zero attached hydrogens (tertiary/aromatic N) is 5. The molecule has 0 N–H and O–H groups in total. The first kappa shape index (κ1) is 18.6. The van der Waals surface area contributed by atoms with E-state index in [1.807, 2.05) is 41.2 Å². The Morgan fingerprint density at radius 2 is 1.89 bits per heavy atom. The predicted molar refractivity (Wildman–Crippen MR) is 110 cm³/mol. The summed E-state index contributed by atoms with van der Waals surface area (Å²) in [7, 11) is 1.99. The van der Waals surface area contributed by atoms with Gasteiger partial charge in [0.15, 0.2) is 0 Å². The minimum absolute atomic E-state index is 0.255. The largest absolute Gasteiger partial charge is 0.340 e. The van der Waals surface area contributed by atoms with Crippen LogP contribution >= 0.6 is 0 Å². The lowest BCUT2D eigenvalue weighted by atomic mass is 10.1. The Kier molecular flexibility index (Phi) is 5.67. The van der Waals surface area contributed by atoms with Gasteiger partial charge in [0.05, 0.1) is 17.4 Å². The van der Waals surface area contributed by atoms with E-state index in [4.69, 9.17) is 0 Å². The van der Waals surface area contributed by atoms with Gasteiger partial charge in [-0.15, -0.1) is 0 Å². The van der Waals surface area contributed by atoms with Gasteiger partial charge in [0, 0.05) is 64.5 Å². The van der Waals surface area contributed by atoms with Crippen molar-refractivity contribution < 1.29 is 4.79 Å². The molecule has 1 amide bonds. The van der Waals surface area contributed by atoms with E-state index in [1.54, 1.807) is 0 Å². The van der Waals surface area contributed by atoms with Crippen LogP contribution in [0.15, 0.2) is 48.9 Å². The molecule has 6 nitrogen and oxygen atoms in total. The van der Waals surface area contributed by atoms with Crippen LogP contribution in [0.1, 0.15) is 17.7 Å². The van der Waals surface area contributed by atoms with Gasteiger partial charge in [-0.05, 0) is 36.2 Å². The molecule has 0 radical (unpaired) electrons. The smallest absolute Gasteiger partial charge is 0.222 e. The van der Waals surface area contributed by atoms with Crippen molar-refractivity contribution in [2.24, 2.45) is 7.05 Å². The summed E-state index contributed by atoms with van der Waals surface area (Å²) >= 11 is 0. The number of hydrogen-bond donors (Lipinski definition) is 0. The van der Waals surface area contributed by atoms with Crippen molar-refractivity contribution in [3.05, 3.63) is 60.2 Å². The van der Waals surface area contributed by atoms with E-state index in [-0.39, 0.29) is 5.91 Å². The van der Waals surface area contributed by atoms with Crippen LogP contribution < -0.4 is 0 Å². The Morgan fingerprint density at radius 3 is 2.68 bits per heavy atom. The van der Waals surface area contributed by atoms with Crippen LogP contribution in [-0.4, -0.2) is 63.0 Å². The van der Waals surface area contributed by atoms with Crippen LogP contribution in [0, 0.1) is 0 Å². The van der Waals surface area contributed by atoms with Gasteiger partial charge in [-0.3, -0.25) is 14.7 Å². The lowest BCUT2D eigenvalue weighted by Gasteiger charge is -2.34. The number of fused-ring (bicyclic) bond motifs is 1. The first-order valence-electron chi connectivity index (χ1n) is 9.99. The third-order valence-corrected chi connectivity index (χ3v) is 5.55. The second kappa shape index (κ2) is 8.52. The number of carbonyl (C=O) groups excluding carboxylic acids is 1. The molecule has 4 rings (SSSR count). The van der Waals surface area contributed by atoms with E-state index in [0.29, 0.717) is 6.42 Å². The molecule has 28 heavy (non-hydrogen) atoms. The molecule has 1 saturated heterocycles. The summed E-state index contributed by atoms with van der Waals surface area (Å²) in [4.78, 5) is 25.8. The number of rotatable bonds is 6. The van der Waals surface area contributed by atoms with E-state index in [9.17, 15) is 4.79 Å². The van der Waals surface area contributed by atoms with Crippen molar-refractivity contribution in [2.45, 2.75) is 19.3 Å². The Morgan fingerprint density at radius 1 is 1.04 bits per heavy atom. The number of pyridine rings is 1. The molecule has 146 valence electrons. The van der Waals surface area contributed by atoms with Crippen LogP contribution in [0.3, 0.4) is 0 Å². The second-order valence-electron chi connectivity index (χ2n) is 7.47. The third-order valence-electron chi connectivity index (χ3n) is 5.55. The normalized spacial score (nSPS) is 15.2. The fraction of sp³-hybridized carbons (Fsp3) is 0.409. The Bertz CT molecular complexity index is 929. The Labute approximate surface area is 165 Å². The minimum atomic E-state index is 0.255. The molecule has 0 saturated carbocycles. The topological polar surface area (TPSA) is 54.3 Å². The molecule has 6 heteroatoms. The first-order chi connectivity index (χ1) is 13.7. The maximum absolute atomic E-state index is 12.6. The SMILES string of the molecule is Cn1cnc2cc(CCC(=O)N3CCN(CCc4ccccn4)CC3)ccc21. The van der Waals surface area contributed by atoms with Crippen LogP contribution in [0.4, 0.5) is 0 Å². The van der Waals surface area contributed by atoms with E-state index < -0.39 is 0 Å². The fourth-order valence-corrected chi connectivity index (χ4v) is 3.79. The van der Waals surface area contributed by atoms with E-state index in [2.05, 4.69) is 39.1 Å². The van der Waals surface area contributed by atoms with Gasteiger partial charge in [0.1, 0.15) is 0 Å². The molecule has 3 aromatic rings. The van der Waals surface area contributed by atoms with E-state index in [0.717, 1.165) is 62.3 Å². The number of amides is 1. The average Bonchev–Trinajstić information content (AvgIpc) is 3.12. The molecular formula is C22H27N5O. The van der Waals surface area contributed by atoms with Gasteiger partial charge in [0.2, 0.25) is 5.91 Å². The lowest BCUT2D eigenvalue weighted by Crippen LogP contribution is -2.49. The highest BCUT2D eigenvalue weighted by Crippen LogP contribution is 2.16. The minimum Gasteiger partial charge on any atom is -0.340 e. The zero-order valence-corrected chi connectivity index (χ0v) is 16.4. The van der Waals surface area contributed by atoms with E-state index in [1.165, 1.54) is 5.56 Å². The monoisotopic (exact) mass is 377 g/mol. The molecular weight excluding hydrogens is 350 g/mol. The maximum atomic E-state index is 12.6. The number of aryl methyl sites for hydroxylation is 2. The summed E-state index contributed by atoms with van der Waals surface area (Å²) in [6.07, 6.45) is 5.97. The number of carbonyl (C=O) groups is 1. The second-order valence-corrected chi connectivity index (χ2v) is 7.47. The quantitative estimate of drug-likeness (QED) is 0.661. The summed E-state index contributed by atoms with van der Waals surface area (Å²) in [6, 6.07) is 12.3. The van der Waals surface area contributed by atoms with Gasteiger partial charge < -0.3 is 9.47 Å². The molecule has 0 atom stereocenters. The van der Waals surface area contributed by atoms with Crippen molar-refractivity contribution in [1.82, 2.24) is 24.3 Å². The van der Waals surface area contributed by atoms with Crippen molar-refractivity contribution in [2.75, 3.05) is 32.7 Å². The zero-order valence-electron chi connectivity index (χ0n) is 16.4. The summed E-state index contributed by atoms with van der Waals surface area (Å²) in [5.41, 5.74) is 4.42.